The fourth-order valence-electron chi connectivity index (χ4n) is 1.63. The molecule has 0 aromatic carbocycles. The third kappa shape index (κ3) is 2.24. The minimum absolute atomic E-state index is 0.0914. The summed E-state index contributed by atoms with van der Waals surface area (Å²) in [5.74, 6) is 0.0914. The summed E-state index contributed by atoms with van der Waals surface area (Å²) in [6, 6.07) is 3.89. The molecule has 5 nitrogen and oxygen atoms in total. The lowest BCUT2D eigenvalue weighted by Gasteiger charge is -2.33. The average molecular weight is 206 g/mol. The summed E-state index contributed by atoms with van der Waals surface area (Å²) >= 11 is 0. The molecule has 0 bridgehead atoms. The summed E-state index contributed by atoms with van der Waals surface area (Å²) in [6.07, 6.45) is 3.23. The van der Waals surface area contributed by atoms with Crippen molar-refractivity contribution in [2.75, 3.05) is 24.6 Å². The Morgan fingerprint density at radius 1 is 1.53 bits per heavy atom. The Kier molecular flexibility index (Phi) is 2.82. The fraction of sp³-hybridized carbons (Fsp3) is 0.400. The normalized spacial score (nSPS) is 21.3. The Morgan fingerprint density at radius 3 is 2.93 bits per heavy atom. The maximum absolute atomic E-state index is 7.36. The van der Waals surface area contributed by atoms with Crippen molar-refractivity contribution in [3.05, 3.63) is 24.5 Å². The minimum atomic E-state index is -0.285. The van der Waals surface area contributed by atoms with Crippen molar-refractivity contribution in [3.63, 3.8) is 0 Å². The third-order valence-electron chi connectivity index (χ3n) is 2.44. The first-order valence-electron chi connectivity index (χ1n) is 4.88. The van der Waals surface area contributed by atoms with Gasteiger partial charge in [0.05, 0.1) is 13.2 Å². The van der Waals surface area contributed by atoms with Crippen LogP contribution in [0.2, 0.25) is 0 Å². The van der Waals surface area contributed by atoms with E-state index < -0.39 is 0 Å². The highest BCUT2D eigenvalue weighted by Gasteiger charge is 2.22. The summed E-state index contributed by atoms with van der Waals surface area (Å²) in [4.78, 5) is 6.12. The van der Waals surface area contributed by atoms with E-state index in [2.05, 4.69) is 9.88 Å². The molecule has 0 amide bonds. The van der Waals surface area contributed by atoms with Crippen molar-refractivity contribution >= 4 is 11.5 Å². The Hall–Kier alpha value is -1.62. The molecular weight excluding hydrogens is 192 g/mol. The lowest BCUT2D eigenvalue weighted by Crippen LogP contribution is -2.48. The van der Waals surface area contributed by atoms with Gasteiger partial charge in [0.15, 0.2) is 0 Å². The summed E-state index contributed by atoms with van der Waals surface area (Å²) < 4.78 is 5.38. The molecule has 1 aromatic heterocycles. The van der Waals surface area contributed by atoms with Crippen molar-refractivity contribution in [1.82, 2.24) is 4.98 Å². The van der Waals surface area contributed by atoms with Gasteiger partial charge < -0.3 is 15.4 Å². The molecule has 15 heavy (non-hydrogen) atoms. The van der Waals surface area contributed by atoms with E-state index in [0.29, 0.717) is 13.2 Å². The summed E-state index contributed by atoms with van der Waals surface area (Å²) in [7, 11) is 0. The van der Waals surface area contributed by atoms with Gasteiger partial charge in [0.2, 0.25) is 0 Å². The van der Waals surface area contributed by atoms with E-state index in [1.165, 1.54) is 0 Å². The third-order valence-corrected chi connectivity index (χ3v) is 2.44. The Morgan fingerprint density at radius 2 is 2.27 bits per heavy atom. The zero-order valence-electron chi connectivity index (χ0n) is 8.39. The van der Waals surface area contributed by atoms with Crippen LogP contribution in [-0.2, 0) is 4.74 Å². The molecule has 0 radical (unpaired) electrons. The van der Waals surface area contributed by atoms with Gasteiger partial charge in [0.1, 0.15) is 11.9 Å². The van der Waals surface area contributed by atoms with Crippen LogP contribution in [0.4, 0.5) is 5.69 Å². The van der Waals surface area contributed by atoms with Crippen LogP contribution in [0, 0.1) is 5.41 Å². The maximum atomic E-state index is 7.36. The summed E-state index contributed by atoms with van der Waals surface area (Å²) in [6.45, 7) is 2.07. The van der Waals surface area contributed by atoms with E-state index in [9.17, 15) is 0 Å². The van der Waals surface area contributed by atoms with Gasteiger partial charge in [-0.25, -0.2) is 0 Å². The number of aromatic nitrogens is 1. The quantitative estimate of drug-likeness (QED) is 0.536. The number of ether oxygens (including phenoxy) is 1. The van der Waals surface area contributed by atoms with Crippen LogP contribution >= 0.6 is 0 Å². The van der Waals surface area contributed by atoms with Crippen molar-refractivity contribution < 1.29 is 4.74 Å². The Labute approximate surface area is 88.4 Å². The van der Waals surface area contributed by atoms with Gasteiger partial charge >= 0.3 is 0 Å². The molecule has 5 heteroatoms. The highest BCUT2D eigenvalue weighted by Crippen LogP contribution is 2.15. The molecule has 80 valence electrons. The second-order valence-corrected chi connectivity index (χ2v) is 3.47. The van der Waals surface area contributed by atoms with Crippen molar-refractivity contribution in [2.45, 2.75) is 6.10 Å². The molecule has 2 rings (SSSR count). The largest absolute Gasteiger partial charge is 0.385 e. The molecule has 1 aliphatic heterocycles. The second-order valence-electron chi connectivity index (χ2n) is 3.47. The minimum Gasteiger partial charge on any atom is -0.385 e. The lowest BCUT2D eigenvalue weighted by molar-refractivity contribution is 0.0826. The monoisotopic (exact) mass is 206 g/mol. The first-order valence-corrected chi connectivity index (χ1v) is 4.88. The highest BCUT2D eigenvalue weighted by molar-refractivity contribution is 5.82. The average Bonchev–Trinajstić information content (AvgIpc) is 2.30. The lowest BCUT2D eigenvalue weighted by atomic mass is 10.2. The van der Waals surface area contributed by atoms with Crippen LogP contribution in [0.15, 0.2) is 24.5 Å². The molecule has 0 aliphatic carbocycles. The number of anilines is 1. The van der Waals surface area contributed by atoms with Gasteiger partial charge in [-0.15, -0.1) is 0 Å². The van der Waals surface area contributed by atoms with E-state index in [0.717, 1.165) is 12.2 Å². The molecule has 1 fully saturated rings. The van der Waals surface area contributed by atoms with Gasteiger partial charge in [0, 0.05) is 24.6 Å². The number of hydrogen-bond donors (Lipinski definition) is 2. The van der Waals surface area contributed by atoms with Crippen molar-refractivity contribution in [1.29, 1.82) is 5.41 Å². The SMILES string of the molecule is N=C(N)C1CN(c2ccncc2)CCO1. The van der Waals surface area contributed by atoms with Crippen LogP contribution in [0.3, 0.4) is 0 Å². The zero-order valence-corrected chi connectivity index (χ0v) is 8.39. The van der Waals surface area contributed by atoms with Crippen LogP contribution < -0.4 is 10.6 Å². The van der Waals surface area contributed by atoms with Crippen LogP contribution in [0.5, 0.6) is 0 Å². The predicted octanol–water partition coefficient (Wildman–Crippen LogP) is 0.223. The molecule has 1 aliphatic rings. The molecule has 1 unspecified atom stereocenters. The first-order chi connectivity index (χ1) is 7.27. The summed E-state index contributed by atoms with van der Waals surface area (Å²) in [5, 5.41) is 7.36. The Bertz CT molecular complexity index is 341. The van der Waals surface area contributed by atoms with Gasteiger partial charge in [-0.3, -0.25) is 10.4 Å². The molecule has 0 spiro atoms. The molecule has 3 N–H and O–H groups in total. The van der Waals surface area contributed by atoms with Gasteiger partial charge in [-0.1, -0.05) is 0 Å². The van der Waals surface area contributed by atoms with Crippen LogP contribution in [-0.4, -0.2) is 36.6 Å². The molecule has 1 saturated heterocycles. The molecular formula is C10H14N4O. The number of pyridine rings is 1. The number of nitrogens with zero attached hydrogens (tertiary/aromatic N) is 2. The number of hydrogen-bond acceptors (Lipinski definition) is 4. The van der Waals surface area contributed by atoms with E-state index in [1.807, 2.05) is 12.1 Å². The molecule has 2 heterocycles. The zero-order chi connectivity index (χ0) is 10.7. The first kappa shape index (κ1) is 9.92. The van der Waals surface area contributed by atoms with Gasteiger partial charge in [-0.2, -0.15) is 0 Å². The van der Waals surface area contributed by atoms with E-state index >= 15 is 0 Å². The van der Waals surface area contributed by atoms with Gasteiger partial charge in [0.25, 0.3) is 0 Å². The highest BCUT2D eigenvalue weighted by atomic mass is 16.5. The van der Waals surface area contributed by atoms with Crippen molar-refractivity contribution in [3.8, 4) is 0 Å². The predicted molar refractivity (Wildman–Crippen MR) is 58.1 cm³/mol. The number of amidine groups is 1. The van der Waals surface area contributed by atoms with Gasteiger partial charge in [-0.05, 0) is 12.1 Å². The van der Waals surface area contributed by atoms with E-state index in [4.69, 9.17) is 15.9 Å². The standard InChI is InChI=1S/C10H14N4O/c11-10(12)9-7-14(5-6-15-9)8-1-3-13-4-2-8/h1-4,9H,5-7H2,(H3,11,12). The number of rotatable bonds is 2. The van der Waals surface area contributed by atoms with Crippen LogP contribution in [0.25, 0.3) is 0 Å². The topological polar surface area (TPSA) is 75.2 Å². The summed E-state index contributed by atoms with van der Waals surface area (Å²) in [5.41, 5.74) is 6.52. The Balaban J connectivity index is 2.08. The molecule has 1 aromatic rings. The fourth-order valence-corrected chi connectivity index (χ4v) is 1.63. The number of nitrogens with two attached hydrogens (primary N) is 1. The van der Waals surface area contributed by atoms with E-state index in [1.54, 1.807) is 12.4 Å². The smallest absolute Gasteiger partial charge is 0.131 e. The molecule has 1 atom stereocenters. The van der Waals surface area contributed by atoms with E-state index in [-0.39, 0.29) is 11.9 Å². The second kappa shape index (κ2) is 4.27. The number of nitrogens with one attached hydrogen (secondary N) is 1. The maximum Gasteiger partial charge on any atom is 0.131 e. The number of morpholine rings is 1. The molecule has 0 saturated carbocycles. The van der Waals surface area contributed by atoms with Crippen molar-refractivity contribution in [2.24, 2.45) is 5.73 Å². The van der Waals surface area contributed by atoms with Crippen LogP contribution in [0.1, 0.15) is 0 Å².